The molecule has 9 nitrogen and oxygen atoms in total. The maximum absolute atomic E-state index is 12.8. The van der Waals surface area contributed by atoms with E-state index in [4.69, 9.17) is 24.3 Å². The van der Waals surface area contributed by atoms with Gasteiger partial charge in [-0.15, -0.1) is 0 Å². The lowest BCUT2D eigenvalue weighted by Gasteiger charge is -2.19. The third kappa shape index (κ3) is 71.9. The lowest BCUT2D eigenvalue weighted by molar-refractivity contribution is -0.161. The van der Waals surface area contributed by atoms with Crippen LogP contribution in [0, 0.1) is 0 Å². The minimum Gasteiger partial charge on any atom is -0.462 e. The normalized spacial score (nSPS) is 13.5. The van der Waals surface area contributed by atoms with E-state index in [0.29, 0.717) is 6.42 Å². The Morgan fingerprint density at radius 3 is 0.943 bits per heavy atom. The Bertz CT molecular complexity index is 1750. The Labute approximate surface area is 537 Å². The monoisotopic (exact) mass is 1240 g/mol. The summed E-state index contributed by atoms with van der Waals surface area (Å²) in [4.78, 5) is 35.4. The van der Waals surface area contributed by atoms with Gasteiger partial charge in [-0.3, -0.25) is 18.6 Å². The van der Waals surface area contributed by atoms with E-state index in [1.54, 1.807) is 0 Å². The number of ether oxygens (including phenoxy) is 2. The molecule has 0 saturated heterocycles. The molecule has 0 aromatic heterocycles. The molecular formula is C77H138NO8P. The first-order valence-corrected chi connectivity index (χ1v) is 38.2. The summed E-state index contributed by atoms with van der Waals surface area (Å²) >= 11 is 0. The summed E-state index contributed by atoms with van der Waals surface area (Å²) in [7, 11) is -4.40. The zero-order chi connectivity index (χ0) is 63.0. The molecule has 0 radical (unpaired) electrons. The van der Waals surface area contributed by atoms with Gasteiger partial charge in [-0.05, 0) is 96.3 Å². The third-order valence-corrected chi connectivity index (χ3v) is 16.9. The summed E-state index contributed by atoms with van der Waals surface area (Å²) in [6.45, 7) is 3.66. The van der Waals surface area contributed by atoms with Crippen LogP contribution in [-0.4, -0.2) is 49.3 Å². The zero-order valence-corrected chi connectivity index (χ0v) is 57.6. The lowest BCUT2D eigenvalue weighted by Crippen LogP contribution is -2.29. The number of nitrogens with two attached hydrogens (primary N) is 1. The smallest absolute Gasteiger partial charge is 0.462 e. The Balaban J connectivity index is 3.82. The van der Waals surface area contributed by atoms with Gasteiger partial charge in [0.2, 0.25) is 0 Å². The van der Waals surface area contributed by atoms with Gasteiger partial charge in [-0.1, -0.05) is 336 Å². The summed E-state index contributed by atoms with van der Waals surface area (Å²) in [5.74, 6) is -0.816. The molecule has 0 heterocycles. The number of unbranched alkanes of at least 4 members (excludes halogenated alkanes) is 40. The van der Waals surface area contributed by atoms with E-state index in [2.05, 4.69) is 111 Å². The Kier molecular flexibility index (Phi) is 69.5. The van der Waals surface area contributed by atoms with Crippen LogP contribution >= 0.6 is 7.82 Å². The maximum atomic E-state index is 12.8. The Morgan fingerprint density at radius 1 is 0.356 bits per heavy atom. The van der Waals surface area contributed by atoms with Crippen molar-refractivity contribution in [3.8, 4) is 0 Å². The predicted octanol–water partition coefficient (Wildman–Crippen LogP) is 24.3. The minimum absolute atomic E-state index is 0.0522. The molecule has 2 atom stereocenters. The topological polar surface area (TPSA) is 134 Å². The van der Waals surface area contributed by atoms with Crippen LogP contribution < -0.4 is 5.73 Å². The highest BCUT2D eigenvalue weighted by molar-refractivity contribution is 7.47. The molecule has 3 N–H and O–H groups in total. The molecule has 0 spiro atoms. The number of carbonyl (C=O) groups is 2. The van der Waals surface area contributed by atoms with E-state index >= 15 is 0 Å². The van der Waals surface area contributed by atoms with Crippen molar-refractivity contribution in [2.75, 3.05) is 26.4 Å². The number of hydrogen-bond donors (Lipinski definition) is 2. The molecule has 0 fully saturated rings. The third-order valence-electron chi connectivity index (χ3n) is 16.0. The van der Waals surface area contributed by atoms with Gasteiger partial charge in [0.25, 0.3) is 0 Å². The largest absolute Gasteiger partial charge is 0.472 e. The van der Waals surface area contributed by atoms with Crippen molar-refractivity contribution < 1.29 is 37.6 Å². The number of allylic oxidation sites excluding steroid dienone is 16. The van der Waals surface area contributed by atoms with Gasteiger partial charge in [-0.25, -0.2) is 4.57 Å². The van der Waals surface area contributed by atoms with Crippen molar-refractivity contribution in [2.45, 2.75) is 354 Å². The SMILES string of the molecule is CC/C=C\C/C=C\C/C=C\C/C=C\C/C=C\CCCCCCCCCCCCCCCCCCCCCCCCCC(=O)OC(COC(=O)CCCCCCCCCCCCCC/C=C\C/C=C\C/C=C\CCCCCCC)COP(=O)(O)OCCN. The molecule has 0 aliphatic heterocycles. The zero-order valence-electron chi connectivity index (χ0n) is 56.7. The van der Waals surface area contributed by atoms with Crippen molar-refractivity contribution in [2.24, 2.45) is 5.73 Å². The first kappa shape index (κ1) is 83.9. The van der Waals surface area contributed by atoms with Crippen molar-refractivity contribution in [1.29, 1.82) is 0 Å². The fourth-order valence-electron chi connectivity index (χ4n) is 10.6. The molecule has 0 rings (SSSR count). The van der Waals surface area contributed by atoms with Gasteiger partial charge >= 0.3 is 19.8 Å². The highest BCUT2D eigenvalue weighted by atomic mass is 31.2. The Morgan fingerprint density at radius 2 is 0.632 bits per heavy atom. The van der Waals surface area contributed by atoms with Gasteiger partial charge in [0.15, 0.2) is 6.10 Å². The number of esters is 2. The fraction of sp³-hybridized carbons (Fsp3) is 0.766. The number of hydrogen-bond acceptors (Lipinski definition) is 8. The predicted molar refractivity (Wildman–Crippen MR) is 376 cm³/mol. The molecule has 504 valence electrons. The summed E-state index contributed by atoms with van der Waals surface area (Å²) in [5, 5.41) is 0. The van der Waals surface area contributed by atoms with E-state index in [1.807, 2.05) is 0 Å². The minimum atomic E-state index is -4.40. The second-order valence-corrected chi connectivity index (χ2v) is 25.9. The van der Waals surface area contributed by atoms with Crippen molar-refractivity contribution >= 4 is 19.8 Å². The molecule has 87 heavy (non-hydrogen) atoms. The highest BCUT2D eigenvalue weighted by Gasteiger charge is 2.26. The first-order chi connectivity index (χ1) is 42.8. The molecule has 0 bridgehead atoms. The number of carbonyl (C=O) groups excluding carboxylic acids is 2. The van der Waals surface area contributed by atoms with Crippen LogP contribution in [0.2, 0.25) is 0 Å². The first-order valence-electron chi connectivity index (χ1n) is 36.7. The van der Waals surface area contributed by atoms with E-state index in [1.165, 1.54) is 238 Å². The van der Waals surface area contributed by atoms with E-state index < -0.39 is 26.5 Å². The lowest BCUT2D eigenvalue weighted by atomic mass is 10.0. The quantitative estimate of drug-likeness (QED) is 0.0264. The average Bonchev–Trinajstić information content (AvgIpc) is 3.64. The number of phosphoric acid groups is 1. The van der Waals surface area contributed by atoms with Gasteiger partial charge in [0.1, 0.15) is 6.61 Å². The second-order valence-electron chi connectivity index (χ2n) is 24.4. The molecule has 0 saturated carbocycles. The summed E-state index contributed by atoms with van der Waals surface area (Å²) in [6, 6.07) is 0. The Hall–Kier alpha value is -3.07. The second kappa shape index (κ2) is 72.0. The van der Waals surface area contributed by atoms with E-state index in [0.717, 1.165) is 77.0 Å². The average molecular weight is 1240 g/mol. The van der Waals surface area contributed by atoms with E-state index in [9.17, 15) is 19.0 Å². The van der Waals surface area contributed by atoms with Gasteiger partial charge < -0.3 is 20.1 Å². The summed E-state index contributed by atoms with van der Waals surface area (Å²) in [5.41, 5.74) is 5.41. The maximum Gasteiger partial charge on any atom is 0.472 e. The van der Waals surface area contributed by atoms with Crippen molar-refractivity contribution in [3.05, 3.63) is 97.2 Å². The summed E-state index contributed by atoms with van der Waals surface area (Å²) in [6.07, 6.45) is 98.0. The van der Waals surface area contributed by atoms with Crippen LogP contribution in [0.25, 0.3) is 0 Å². The van der Waals surface area contributed by atoms with Crippen molar-refractivity contribution in [1.82, 2.24) is 0 Å². The van der Waals surface area contributed by atoms with Crippen LogP contribution in [0.15, 0.2) is 97.2 Å². The molecule has 0 aliphatic rings. The summed E-state index contributed by atoms with van der Waals surface area (Å²) < 4.78 is 33.2. The molecular weight excluding hydrogens is 1100 g/mol. The van der Waals surface area contributed by atoms with Crippen LogP contribution in [0.1, 0.15) is 348 Å². The highest BCUT2D eigenvalue weighted by Crippen LogP contribution is 2.43. The molecule has 10 heteroatoms. The molecule has 2 unspecified atom stereocenters. The van der Waals surface area contributed by atoms with Crippen LogP contribution in [0.4, 0.5) is 0 Å². The van der Waals surface area contributed by atoms with Crippen molar-refractivity contribution in [3.63, 3.8) is 0 Å². The molecule has 0 amide bonds. The van der Waals surface area contributed by atoms with Crippen LogP contribution in [-0.2, 0) is 32.7 Å². The van der Waals surface area contributed by atoms with Gasteiger partial charge in [0.05, 0.1) is 13.2 Å². The molecule has 0 aliphatic carbocycles. The molecule has 0 aromatic carbocycles. The van der Waals surface area contributed by atoms with Gasteiger partial charge in [-0.2, -0.15) is 0 Å². The van der Waals surface area contributed by atoms with Crippen LogP contribution in [0.3, 0.4) is 0 Å². The fourth-order valence-corrected chi connectivity index (χ4v) is 11.3. The number of phosphoric ester groups is 1. The number of rotatable bonds is 69. The standard InChI is InChI=1S/C77H138NO8P/c1-3-5-7-9-11-13-15-17-19-21-23-25-27-29-31-32-33-34-35-36-37-38-39-40-41-42-44-46-48-50-52-54-56-58-60-62-64-66-68-70-77(80)86-75(74-85-87(81,82)84-72-71-78)73-83-76(79)69-67-65-63-61-59-57-55-53-51-49-47-45-43-30-28-26-24-22-20-18-16-14-12-10-8-6-4-2/h5,7,11,13,16-19,22-25,28-31,75H,3-4,6,8-10,12,14-15,20-21,26-27,32-74,78H2,1-2H3,(H,81,82)/b7-5-,13-11-,18-16-,19-17-,24-22-,25-23-,30-28-,31-29-. The van der Waals surface area contributed by atoms with E-state index in [-0.39, 0.29) is 38.6 Å². The van der Waals surface area contributed by atoms with Crippen LogP contribution in [0.5, 0.6) is 0 Å². The molecule has 0 aromatic rings. The van der Waals surface area contributed by atoms with Gasteiger partial charge in [0, 0.05) is 19.4 Å².